The minimum absolute atomic E-state index is 0.0250. The normalized spacial score (nSPS) is 13.8. The summed E-state index contributed by atoms with van der Waals surface area (Å²) in [4.78, 5) is 40.2. The van der Waals surface area contributed by atoms with E-state index in [9.17, 15) is 19.0 Å². The number of carbonyl (C=O) groups excluding carboxylic acids is 2. The minimum atomic E-state index is -4.71. The molecule has 0 aromatic heterocycles. The Morgan fingerprint density at radius 3 is 1.12 bits per heavy atom. The average Bonchev–Trinajstić information content (AvgIpc) is 3.64. The number of nitrogens with one attached hydrogen (secondary N) is 1. The lowest BCUT2D eigenvalue weighted by Gasteiger charge is -2.30. The smallest absolute Gasteiger partial charge is 0.306 e. The van der Waals surface area contributed by atoms with Gasteiger partial charge < -0.3 is 28.5 Å². The van der Waals surface area contributed by atoms with Gasteiger partial charge in [0.25, 0.3) is 7.82 Å². The Balaban J connectivity index is 5.01. The molecule has 0 radical (unpaired) electrons. The molecule has 0 bridgehead atoms. The van der Waals surface area contributed by atoms with Gasteiger partial charge in [-0.15, -0.1) is 0 Å². The zero-order valence-electron chi connectivity index (χ0n) is 56.4. The quantitative estimate of drug-likeness (QED) is 0.0212. The number of phosphoric acid groups is 1. The number of phosphoric ester groups is 1. The van der Waals surface area contributed by atoms with Crippen LogP contribution in [-0.2, 0) is 27.9 Å². The first-order chi connectivity index (χ1) is 40.9. The van der Waals surface area contributed by atoms with E-state index in [0.717, 1.165) is 96.3 Å². The molecule has 492 valence electrons. The number of ether oxygens (including phenoxy) is 1. The van der Waals surface area contributed by atoms with Crippen LogP contribution in [0.4, 0.5) is 0 Å². The average molecular weight is 1200 g/mol. The van der Waals surface area contributed by atoms with Crippen molar-refractivity contribution < 1.29 is 37.3 Å². The zero-order chi connectivity index (χ0) is 61.4. The molecule has 1 amide bonds. The van der Waals surface area contributed by atoms with Crippen LogP contribution < -0.4 is 10.2 Å². The number of hydrogen-bond donors (Lipinski definition) is 1. The van der Waals surface area contributed by atoms with Crippen LogP contribution in [0.15, 0.2) is 60.8 Å². The lowest BCUT2D eigenvalue weighted by Crippen LogP contribution is -2.47. The van der Waals surface area contributed by atoms with E-state index >= 15 is 0 Å². The zero-order valence-corrected chi connectivity index (χ0v) is 57.3. The van der Waals surface area contributed by atoms with Gasteiger partial charge in [0.2, 0.25) is 5.91 Å². The van der Waals surface area contributed by atoms with Crippen LogP contribution in [0.5, 0.6) is 0 Å². The highest BCUT2D eigenvalue weighted by molar-refractivity contribution is 7.45. The molecule has 10 heteroatoms. The Morgan fingerprint density at radius 2 is 0.726 bits per heavy atom. The summed E-state index contributed by atoms with van der Waals surface area (Å²) in [6.07, 6.45) is 82.1. The summed E-state index contributed by atoms with van der Waals surface area (Å²) >= 11 is 0. The lowest BCUT2D eigenvalue weighted by molar-refractivity contribution is -0.870. The number of allylic oxidation sites excluding steroid dienone is 9. The van der Waals surface area contributed by atoms with Gasteiger partial charge in [0.15, 0.2) is 0 Å². The molecular weight excluding hydrogens is 1060 g/mol. The largest absolute Gasteiger partial charge is 0.756 e. The van der Waals surface area contributed by atoms with Gasteiger partial charge in [0.1, 0.15) is 19.3 Å². The first-order valence-electron chi connectivity index (χ1n) is 36.1. The van der Waals surface area contributed by atoms with Gasteiger partial charge in [-0.25, -0.2) is 0 Å². The molecule has 0 spiro atoms. The second-order valence-electron chi connectivity index (χ2n) is 25.7. The van der Waals surface area contributed by atoms with Crippen molar-refractivity contribution in [3.8, 4) is 0 Å². The van der Waals surface area contributed by atoms with Gasteiger partial charge in [-0.1, -0.05) is 300 Å². The number of unbranched alkanes of at least 4 members (excludes halogenated alkanes) is 42. The maximum absolute atomic E-state index is 13.6. The Bertz CT molecular complexity index is 1620. The highest BCUT2D eigenvalue weighted by Crippen LogP contribution is 2.38. The first kappa shape index (κ1) is 81.7. The molecule has 0 aliphatic carbocycles. The van der Waals surface area contributed by atoms with Crippen LogP contribution in [0.25, 0.3) is 0 Å². The van der Waals surface area contributed by atoms with Crippen LogP contribution in [-0.4, -0.2) is 69.4 Å². The molecule has 9 nitrogen and oxygen atoms in total. The van der Waals surface area contributed by atoms with E-state index in [4.69, 9.17) is 13.8 Å². The molecule has 0 saturated carbocycles. The third-order valence-electron chi connectivity index (χ3n) is 16.2. The van der Waals surface area contributed by atoms with Crippen molar-refractivity contribution in [1.29, 1.82) is 0 Å². The third kappa shape index (κ3) is 64.2. The molecule has 0 aromatic carbocycles. The summed E-state index contributed by atoms with van der Waals surface area (Å²) in [5, 5.41) is 3.04. The summed E-state index contributed by atoms with van der Waals surface area (Å²) in [5.41, 5.74) is 0. The van der Waals surface area contributed by atoms with E-state index in [1.165, 1.54) is 218 Å². The van der Waals surface area contributed by atoms with Gasteiger partial charge in [0, 0.05) is 12.8 Å². The summed E-state index contributed by atoms with van der Waals surface area (Å²) < 4.78 is 30.4. The highest BCUT2D eigenvalue weighted by Gasteiger charge is 2.27. The van der Waals surface area contributed by atoms with Gasteiger partial charge in [0.05, 0.1) is 33.8 Å². The molecule has 3 atom stereocenters. The maximum Gasteiger partial charge on any atom is 0.306 e. The van der Waals surface area contributed by atoms with E-state index < -0.39 is 26.6 Å². The van der Waals surface area contributed by atoms with E-state index in [2.05, 4.69) is 74.7 Å². The lowest BCUT2D eigenvalue weighted by atomic mass is 10.0. The molecule has 0 heterocycles. The highest BCUT2D eigenvalue weighted by atomic mass is 31.2. The molecular formula is C74H139N2O7P. The number of quaternary nitrogens is 1. The van der Waals surface area contributed by atoms with Crippen molar-refractivity contribution in [2.75, 3.05) is 40.9 Å². The number of carbonyl (C=O) groups is 2. The first-order valence-corrected chi connectivity index (χ1v) is 37.6. The van der Waals surface area contributed by atoms with Gasteiger partial charge in [-0.3, -0.25) is 14.2 Å². The predicted octanol–water partition coefficient (Wildman–Crippen LogP) is 22.3. The number of hydrogen-bond acceptors (Lipinski definition) is 7. The van der Waals surface area contributed by atoms with Crippen LogP contribution >= 0.6 is 7.82 Å². The van der Waals surface area contributed by atoms with Crippen LogP contribution in [0.2, 0.25) is 0 Å². The van der Waals surface area contributed by atoms with Crippen molar-refractivity contribution in [1.82, 2.24) is 5.32 Å². The van der Waals surface area contributed by atoms with Crippen LogP contribution in [0, 0.1) is 0 Å². The van der Waals surface area contributed by atoms with Gasteiger partial charge in [-0.2, -0.15) is 0 Å². The summed E-state index contributed by atoms with van der Waals surface area (Å²) in [6.45, 7) is 6.84. The maximum atomic E-state index is 13.6. The Labute approximate surface area is 521 Å². The number of esters is 1. The fraction of sp³-hybridized carbons (Fsp3) is 0.838. The van der Waals surface area contributed by atoms with Crippen molar-refractivity contribution in [2.45, 2.75) is 360 Å². The van der Waals surface area contributed by atoms with Gasteiger partial charge in [-0.05, 0) is 96.0 Å². The Morgan fingerprint density at radius 1 is 0.417 bits per heavy atom. The third-order valence-corrected chi connectivity index (χ3v) is 17.1. The number of nitrogens with zero attached hydrogens (tertiary/aromatic N) is 1. The van der Waals surface area contributed by atoms with E-state index in [1.807, 2.05) is 33.3 Å². The van der Waals surface area contributed by atoms with Crippen molar-refractivity contribution in [3.63, 3.8) is 0 Å². The molecule has 0 rings (SSSR count). The van der Waals surface area contributed by atoms with Crippen LogP contribution in [0.3, 0.4) is 0 Å². The summed E-state index contributed by atoms with van der Waals surface area (Å²) in [7, 11) is 1.18. The number of rotatable bonds is 66. The van der Waals surface area contributed by atoms with Gasteiger partial charge >= 0.3 is 5.97 Å². The Hall–Kier alpha value is -2.29. The van der Waals surface area contributed by atoms with Crippen LogP contribution in [0.1, 0.15) is 348 Å². The summed E-state index contributed by atoms with van der Waals surface area (Å²) in [5.74, 6) is -0.543. The van der Waals surface area contributed by atoms with Crippen molar-refractivity contribution in [3.05, 3.63) is 60.8 Å². The Kier molecular flexibility index (Phi) is 62.0. The molecule has 1 N–H and O–H groups in total. The minimum Gasteiger partial charge on any atom is -0.756 e. The fourth-order valence-corrected chi connectivity index (χ4v) is 11.3. The predicted molar refractivity (Wildman–Crippen MR) is 362 cm³/mol. The molecule has 0 aromatic rings. The molecule has 3 unspecified atom stereocenters. The molecule has 0 saturated heterocycles. The number of amides is 1. The SMILES string of the molecule is CCCCC/C=C\C/C=C\C/C=C\CCCCCCCCC(=O)NC(COP(=O)([O-])OCC[N+](C)(C)C)C(/C=C\CCCCCCCCCCCC)OC(=O)CCCCCCCCCCCCCCCCCCC/C=C/CCCCCCCC. The van der Waals surface area contributed by atoms with E-state index in [-0.39, 0.29) is 24.9 Å². The monoisotopic (exact) mass is 1200 g/mol. The fourth-order valence-electron chi connectivity index (χ4n) is 10.6. The topological polar surface area (TPSA) is 114 Å². The molecule has 0 aliphatic rings. The number of likely N-dealkylation sites (N-methyl/N-ethyl adjacent to an activating group) is 1. The second kappa shape index (κ2) is 63.7. The second-order valence-corrected chi connectivity index (χ2v) is 27.1. The van der Waals surface area contributed by atoms with Crippen molar-refractivity contribution in [2.24, 2.45) is 0 Å². The molecule has 0 fully saturated rings. The molecule has 84 heavy (non-hydrogen) atoms. The van der Waals surface area contributed by atoms with E-state index in [0.29, 0.717) is 17.4 Å². The summed E-state index contributed by atoms with van der Waals surface area (Å²) in [6, 6.07) is -0.896. The van der Waals surface area contributed by atoms with E-state index in [1.54, 1.807) is 0 Å². The van der Waals surface area contributed by atoms with Crippen molar-refractivity contribution >= 4 is 19.7 Å². The standard InChI is InChI=1S/C74H139N2O7P/c1-7-10-13-16-19-22-25-28-30-32-34-35-36-37-38-39-40-41-43-45-47-49-52-55-58-61-64-67-74(78)83-72(65-62-59-56-53-50-27-24-21-18-15-12-9-3)71(70-82-84(79,80)81-69-68-76(4,5)6)75-73(77)66-63-60-57-54-51-48-46-44-42-33-31-29-26-23-20-17-14-11-8-2/h20,23,28-31,42,44,62,65,71-72H,7-19,21-22,24-27,32-41,43,45-61,63-64,66-70H2,1-6H3,(H-,75,77,79,80)/b23-20-,30-28+,31-29-,44-42-,65-62-. The molecule has 0 aliphatic heterocycles.